The summed E-state index contributed by atoms with van der Waals surface area (Å²) in [4.78, 5) is 25.9. The highest BCUT2D eigenvalue weighted by atomic mass is 16.5. The second kappa shape index (κ2) is 9.55. The molecule has 0 fully saturated rings. The van der Waals surface area contributed by atoms with Gasteiger partial charge in [0.1, 0.15) is 11.8 Å². The monoisotopic (exact) mass is 388 g/mol. The van der Waals surface area contributed by atoms with Crippen molar-refractivity contribution >= 4 is 17.5 Å². The Hall–Kier alpha value is -3.60. The van der Waals surface area contributed by atoms with Crippen LogP contribution in [0.25, 0.3) is 0 Å². The predicted molar refractivity (Wildman–Crippen MR) is 114 cm³/mol. The van der Waals surface area contributed by atoms with Crippen LogP contribution in [0.5, 0.6) is 5.75 Å². The van der Waals surface area contributed by atoms with Crippen LogP contribution in [0.4, 0.5) is 5.69 Å². The van der Waals surface area contributed by atoms with Gasteiger partial charge >= 0.3 is 0 Å². The van der Waals surface area contributed by atoms with Gasteiger partial charge in [-0.15, -0.1) is 0 Å². The molecule has 3 aromatic rings. The van der Waals surface area contributed by atoms with Gasteiger partial charge in [0, 0.05) is 12.1 Å². The van der Waals surface area contributed by atoms with Gasteiger partial charge in [-0.3, -0.25) is 9.59 Å². The molecule has 0 aliphatic carbocycles. The highest BCUT2D eigenvalue weighted by molar-refractivity contribution is 6.02. The van der Waals surface area contributed by atoms with Crippen molar-refractivity contribution in [2.24, 2.45) is 0 Å². The van der Waals surface area contributed by atoms with Crippen molar-refractivity contribution in [2.45, 2.75) is 19.4 Å². The maximum Gasteiger partial charge on any atom is 0.255 e. The van der Waals surface area contributed by atoms with Crippen LogP contribution >= 0.6 is 0 Å². The molecule has 29 heavy (non-hydrogen) atoms. The summed E-state index contributed by atoms with van der Waals surface area (Å²) in [7, 11) is 1.51. The lowest BCUT2D eigenvalue weighted by Gasteiger charge is -2.20. The van der Waals surface area contributed by atoms with Crippen LogP contribution in [0.3, 0.4) is 0 Å². The molecule has 0 saturated heterocycles. The Morgan fingerprint density at radius 2 is 1.55 bits per heavy atom. The minimum absolute atomic E-state index is 0.272. The maximum atomic E-state index is 13.0. The Kier molecular flexibility index (Phi) is 6.63. The van der Waals surface area contributed by atoms with Crippen molar-refractivity contribution < 1.29 is 14.3 Å². The second-order valence-electron chi connectivity index (χ2n) is 6.72. The number of anilines is 1. The Morgan fingerprint density at radius 3 is 2.28 bits per heavy atom. The molecule has 5 heteroatoms. The fraction of sp³-hybridized carbons (Fsp3) is 0.167. The number of amides is 2. The number of carbonyl (C=O) groups excluding carboxylic acids is 2. The van der Waals surface area contributed by atoms with Crippen molar-refractivity contribution in [1.29, 1.82) is 0 Å². The molecular formula is C24H24N2O3. The molecular weight excluding hydrogens is 364 g/mol. The third kappa shape index (κ3) is 5.23. The number of methoxy groups -OCH3 is 1. The van der Waals surface area contributed by atoms with Crippen molar-refractivity contribution in [1.82, 2.24) is 5.32 Å². The van der Waals surface area contributed by atoms with Gasteiger partial charge in [-0.05, 0) is 36.2 Å². The molecule has 148 valence electrons. The van der Waals surface area contributed by atoms with E-state index in [-0.39, 0.29) is 11.8 Å². The number of benzene rings is 3. The number of aryl methyl sites for hydroxylation is 1. The van der Waals surface area contributed by atoms with E-state index < -0.39 is 6.04 Å². The Morgan fingerprint density at radius 1 is 0.897 bits per heavy atom. The molecule has 0 aliphatic heterocycles. The summed E-state index contributed by atoms with van der Waals surface area (Å²) in [5.41, 5.74) is 3.02. The molecule has 0 aromatic heterocycles. The molecule has 1 atom stereocenters. The topological polar surface area (TPSA) is 67.4 Å². The number of hydrogen-bond donors (Lipinski definition) is 2. The lowest BCUT2D eigenvalue weighted by molar-refractivity contribution is -0.118. The molecule has 2 amide bonds. The fourth-order valence-electron chi connectivity index (χ4n) is 3.06. The molecule has 3 rings (SSSR count). The van der Waals surface area contributed by atoms with Crippen molar-refractivity contribution in [2.75, 3.05) is 12.4 Å². The van der Waals surface area contributed by atoms with Gasteiger partial charge in [-0.1, -0.05) is 60.7 Å². The largest absolute Gasteiger partial charge is 0.496 e. The Balaban J connectivity index is 1.83. The number of para-hydroxylation sites is 2. The number of ether oxygens (including phenoxy) is 1. The van der Waals surface area contributed by atoms with Crippen molar-refractivity contribution in [3.8, 4) is 5.75 Å². The summed E-state index contributed by atoms with van der Waals surface area (Å²) in [5.74, 6) is -0.169. The standard InChI is InChI=1S/C24H24N2O3/c1-17-10-6-8-14-20(17)25-24(28)21(16-18-11-4-3-5-12-18)26-23(27)19-13-7-9-15-22(19)29-2/h3-15,21H,16H2,1-2H3,(H,25,28)(H,26,27). The molecule has 5 nitrogen and oxygen atoms in total. The van der Waals surface area contributed by atoms with E-state index in [1.165, 1.54) is 7.11 Å². The highest BCUT2D eigenvalue weighted by Crippen LogP contribution is 2.18. The Bertz CT molecular complexity index is 986. The van der Waals surface area contributed by atoms with Gasteiger partial charge in [0.2, 0.25) is 5.91 Å². The lowest BCUT2D eigenvalue weighted by Crippen LogP contribution is -2.45. The maximum absolute atomic E-state index is 13.0. The summed E-state index contributed by atoms with van der Waals surface area (Å²) in [6, 6.07) is 23.4. The van der Waals surface area contributed by atoms with E-state index in [4.69, 9.17) is 4.74 Å². The first-order valence-corrected chi connectivity index (χ1v) is 9.43. The molecule has 2 N–H and O–H groups in total. The minimum atomic E-state index is -0.741. The third-order valence-electron chi connectivity index (χ3n) is 4.66. The summed E-state index contributed by atoms with van der Waals surface area (Å²) in [5, 5.41) is 5.80. The van der Waals surface area contributed by atoms with Gasteiger partial charge in [0.15, 0.2) is 0 Å². The normalized spacial score (nSPS) is 11.4. The summed E-state index contributed by atoms with van der Waals surface area (Å²) < 4.78 is 5.28. The minimum Gasteiger partial charge on any atom is -0.496 e. The van der Waals surface area contributed by atoms with Crippen LogP contribution in [0.1, 0.15) is 21.5 Å². The number of carbonyl (C=O) groups is 2. The van der Waals surface area contributed by atoms with Gasteiger partial charge in [0.25, 0.3) is 5.91 Å². The first-order chi connectivity index (χ1) is 14.1. The number of rotatable bonds is 7. The molecule has 0 heterocycles. The smallest absolute Gasteiger partial charge is 0.255 e. The van der Waals surface area contributed by atoms with E-state index in [2.05, 4.69) is 10.6 Å². The van der Waals surface area contributed by atoms with Crippen LogP contribution in [0.15, 0.2) is 78.9 Å². The van der Waals surface area contributed by atoms with E-state index >= 15 is 0 Å². The SMILES string of the molecule is COc1ccccc1C(=O)NC(Cc1ccccc1)C(=O)Nc1ccccc1C. The zero-order valence-electron chi connectivity index (χ0n) is 16.5. The average Bonchev–Trinajstić information content (AvgIpc) is 2.75. The van der Waals surface area contributed by atoms with Crippen LogP contribution in [-0.4, -0.2) is 25.0 Å². The van der Waals surface area contributed by atoms with Crippen LogP contribution < -0.4 is 15.4 Å². The molecule has 0 spiro atoms. The second-order valence-corrected chi connectivity index (χ2v) is 6.72. The number of hydrogen-bond acceptors (Lipinski definition) is 3. The van der Waals surface area contributed by atoms with E-state index in [9.17, 15) is 9.59 Å². The Labute approximate surface area is 170 Å². The van der Waals surface area contributed by atoms with Crippen molar-refractivity contribution in [3.63, 3.8) is 0 Å². The molecule has 1 unspecified atom stereocenters. The van der Waals surface area contributed by atoms with Crippen LogP contribution in [-0.2, 0) is 11.2 Å². The van der Waals surface area contributed by atoms with Gasteiger partial charge < -0.3 is 15.4 Å². The predicted octanol–water partition coefficient (Wildman–Crippen LogP) is 3.98. The van der Waals surface area contributed by atoms with Crippen LogP contribution in [0, 0.1) is 6.92 Å². The summed E-state index contributed by atoms with van der Waals surface area (Å²) in [6.07, 6.45) is 0.374. The van der Waals surface area contributed by atoms with E-state index in [1.54, 1.807) is 24.3 Å². The molecule has 0 saturated carbocycles. The lowest BCUT2D eigenvalue weighted by atomic mass is 10.0. The average molecular weight is 388 g/mol. The zero-order valence-corrected chi connectivity index (χ0v) is 16.5. The van der Waals surface area contributed by atoms with Crippen molar-refractivity contribution in [3.05, 3.63) is 95.6 Å². The van der Waals surface area contributed by atoms with Crippen LogP contribution in [0.2, 0.25) is 0 Å². The summed E-state index contributed by atoms with van der Waals surface area (Å²) >= 11 is 0. The highest BCUT2D eigenvalue weighted by Gasteiger charge is 2.23. The molecule has 3 aromatic carbocycles. The number of nitrogens with one attached hydrogen (secondary N) is 2. The van der Waals surface area contributed by atoms with Gasteiger partial charge in [-0.2, -0.15) is 0 Å². The fourth-order valence-corrected chi connectivity index (χ4v) is 3.06. The van der Waals surface area contributed by atoms with Gasteiger partial charge in [0.05, 0.1) is 12.7 Å². The quantitative estimate of drug-likeness (QED) is 0.643. The molecule has 0 radical (unpaired) electrons. The zero-order chi connectivity index (χ0) is 20.6. The molecule has 0 bridgehead atoms. The van der Waals surface area contributed by atoms with E-state index in [0.29, 0.717) is 17.7 Å². The summed E-state index contributed by atoms with van der Waals surface area (Å²) in [6.45, 7) is 1.93. The third-order valence-corrected chi connectivity index (χ3v) is 4.66. The molecule has 0 aliphatic rings. The van der Waals surface area contributed by atoms with Gasteiger partial charge in [-0.25, -0.2) is 0 Å². The first-order valence-electron chi connectivity index (χ1n) is 9.43. The first kappa shape index (κ1) is 20.1. The van der Waals surface area contributed by atoms with E-state index in [1.807, 2.05) is 61.5 Å². The van der Waals surface area contributed by atoms with E-state index in [0.717, 1.165) is 16.8 Å².